The molecule has 6 nitrogen and oxygen atoms in total. The van der Waals surface area contributed by atoms with Crippen molar-refractivity contribution in [1.29, 1.82) is 0 Å². The molecular weight excluding hydrogens is 442 g/mol. The Bertz CT molecular complexity index is 1350. The minimum Gasteiger partial charge on any atom is -0.493 e. The van der Waals surface area contributed by atoms with E-state index in [1.54, 1.807) is 11.3 Å². The van der Waals surface area contributed by atoms with Gasteiger partial charge in [-0.1, -0.05) is 24.6 Å². The lowest BCUT2D eigenvalue weighted by atomic mass is 10.1. The number of nitrogens with zero attached hydrogens (tertiary/aromatic N) is 3. The number of halogens is 1. The van der Waals surface area contributed by atoms with E-state index in [1.807, 2.05) is 18.2 Å². The van der Waals surface area contributed by atoms with E-state index in [0.717, 1.165) is 58.1 Å². The van der Waals surface area contributed by atoms with E-state index in [2.05, 4.69) is 44.3 Å². The molecule has 8 heteroatoms. The number of benzene rings is 2. The minimum absolute atomic E-state index is 0. The second-order valence-electron chi connectivity index (χ2n) is 8.24. The number of hydrogen-bond donors (Lipinski definition) is 2. The molecule has 1 aliphatic heterocycles. The maximum absolute atomic E-state index is 6.01. The predicted octanol–water partition coefficient (Wildman–Crippen LogP) is 6.00. The van der Waals surface area contributed by atoms with E-state index in [1.165, 1.54) is 42.4 Å². The number of aromatic nitrogens is 4. The van der Waals surface area contributed by atoms with Crippen LogP contribution in [-0.2, 0) is 0 Å². The van der Waals surface area contributed by atoms with Crippen molar-refractivity contribution in [3.8, 4) is 17.3 Å². The van der Waals surface area contributed by atoms with Gasteiger partial charge in [-0.2, -0.15) is 5.10 Å². The maximum Gasteiger partial charge on any atom is 0.160 e. The van der Waals surface area contributed by atoms with Crippen molar-refractivity contribution in [2.75, 3.05) is 26.2 Å². The van der Waals surface area contributed by atoms with E-state index >= 15 is 0 Å². The number of nitrogens with one attached hydrogen (secondary N) is 2. The van der Waals surface area contributed by atoms with Crippen molar-refractivity contribution in [1.82, 2.24) is 25.1 Å². The van der Waals surface area contributed by atoms with Crippen LogP contribution in [0.1, 0.15) is 25.7 Å². The molecule has 1 fully saturated rings. The summed E-state index contributed by atoms with van der Waals surface area (Å²) in [6, 6.07) is 14.5. The second kappa shape index (κ2) is 9.10. The van der Waals surface area contributed by atoms with Gasteiger partial charge in [-0.3, -0.25) is 5.10 Å². The summed E-state index contributed by atoms with van der Waals surface area (Å²) in [5.74, 6) is 1.66. The van der Waals surface area contributed by atoms with Gasteiger partial charge in [-0.05, 0) is 50.6 Å². The summed E-state index contributed by atoms with van der Waals surface area (Å²) in [6.07, 6.45) is 5.11. The Morgan fingerprint density at radius 2 is 1.94 bits per heavy atom. The molecule has 0 bridgehead atoms. The lowest BCUT2D eigenvalue weighted by Gasteiger charge is -2.26. The number of rotatable bonds is 6. The third-order valence-corrected chi connectivity index (χ3v) is 7.28. The Labute approximate surface area is 196 Å². The lowest BCUT2D eigenvalue weighted by Crippen LogP contribution is -2.31. The number of aromatic amines is 2. The number of imidazole rings is 1. The Morgan fingerprint density at radius 3 is 2.84 bits per heavy atom. The van der Waals surface area contributed by atoms with Crippen LogP contribution in [0.2, 0.25) is 0 Å². The van der Waals surface area contributed by atoms with Gasteiger partial charge in [0.2, 0.25) is 0 Å². The summed E-state index contributed by atoms with van der Waals surface area (Å²) in [7, 11) is 0. The number of fused-ring (bicyclic) bond motifs is 4. The number of ether oxygens (including phenoxy) is 1. The molecule has 166 valence electrons. The van der Waals surface area contributed by atoms with Gasteiger partial charge < -0.3 is 14.6 Å². The van der Waals surface area contributed by atoms with Crippen molar-refractivity contribution in [2.24, 2.45) is 0 Å². The van der Waals surface area contributed by atoms with Crippen LogP contribution < -0.4 is 4.74 Å². The number of H-pyrrole nitrogens is 2. The topological polar surface area (TPSA) is 69.8 Å². The monoisotopic (exact) mass is 467 g/mol. The highest BCUT2D eigenvalue weighted by molar-refractivity contribution is 7.26. The van der Waals surface area contributed by atoms with Crippen LogP contribution in [0.3, 0.4) is 0 Å². The van der Waals surface area contributed by atoms with Gasteiger partial charge in [0.15, 0.2) is 5.82 Å². The van der Waals surface area contributed by atoms with Crippen LogP contribution in [0.25, 0.3) is 42.9 Å². The van der Waals surface area contributed by atoms with Crippen LogP contribution in [0.15, 0.2) is 42.5 Å². The van der Waals surface area contributed by atoms with Crippen molar-refractivity contribution < 1.29 is 4.74 Å². The zero-order chi connectivity index (χ0) is 20.6. The van der Waals surface area contributed by atoms with E-state index in [-0.39, 0.29) is 12.4 Å². The van der Waals surface area contributed by atoms with Crippen molar-refractivity contribution in [3.63, 3.8) is 0 Å². The first-order valence-corrected chi connectivity index (χ1v) is 11.9. The molecule has 5 aromatic rings. The van der Waals surface area contributed by atoms with Gasteiger partial charge in [0.25, 0.3) is 0 Å². The van der Waals surface area contributed by atoms with Gasteiger partial charge in [0.1, 0.15) is 11.4 Å². The largest absolute Gasteiger partial charge is 0.493 e. The fraction of sp³-hybridized carbons (Fsp3) is 0.333. The highest BCUT2D eigenvalue weighted by Crippen LogP contribution is 2.37. The van der Waals surface area contributed by atoms with Gasteiger partial charge in [0, 0.05) is 22.7 Å². The molecule has 3 aromatic heterocycles. The Morgan fingerprint density at radius 1 is 1.06 bits per heavy atom. The second-order valence-corrected chi connectivity index (χ2v) is 9.30. The third-order valence-electron chi connectivity index (χ3n) is 6.10. The average molecular weight is 468 g/mol. The highest BCUT2D eigenvalue weighted by Gasteiger charge is 2.17. The van der Waals surface area contributed by atoms with Crippen LogP contribution >= 0.6 is 23.7 Å². The molecule has 1 saturated heterocycles. The van der Waals surface area contributed by atoms with Gasteiger partial charge in [0.05, 0.1) is 27.9 Å². The molecule has 4 heterocycles. The van der Waals surface area contributed by atoms with E-state index in [4.69, 9.17) is 9.72 Å². The smallest absolute Gasteiger partial charge is 0.160 e. The number of hydrogen-bond acceptors (Lipinski definition) is 5. The Balaban J connectivity index is 0.00000216. The Hall–Kier alpha value is -2.61. The van der Waals surface area contributed by atoms with Crippen LogP contribution in [0.4, 0.5) is 0 Å². The summed E-state index contributed by atoms with van der Waals surface area (Å²) < 4.78 is 8.40. The Kier molecular flexibility index (Phi) is 6.04. The molecule has 1 aliphatic rings. The fourth-order valence-electron chi connectivity index (χ4n) is 4.50. The van der Waals surface area contributed by atoms with Crippen molar-refractivity contribution >= 4 is 55.1 Å². The van der Waals surface area contributed by atoms with Gasteiger partial charge in [-0.25, -0.2) is 4.98 Å². The maximum atomic E-state index is 6.01. The summed E-state index contributed by atoms with van der Waals surface area (Å²) in [5, 5.41) is 8.96. The van der Waals surface area contributed by atoms with Gasteiger partial charge in [-0.15, -0.1) is 23.7 Å². The molecule has 0 saturated carbocycles. The normalized spacial score (nSPS) is 14.9. The molecule has 32 heavy (non-hydrogen) atoms. The van der Waals surface area contributed by atoms with Crippen LogP contribution in [-0.4, -0.2) is 51.3 Å². The zero-order valence-corrected chi connectivity index (χ0v) is 19.4. The molecule has 0 radical (unpaired) electrons. The van der Waals surface area contributed by atoms with Crippen LogP contribution in [0.5, 0.6) is 5.75 Å². The fourth-order valence-corrected chi connectivity index (χ4v) is 5.64. The van der Waals surface area contributed by atoms with E-state index in [9.17, 15) is 0 Å². The highest BCUT2D eigenvalue weighted by atomic mass is 35.5. The lowest BCUT2D eigenvalue weighted by molar-refractivity contribution is 0.205. The standard InChI is InChI=1S/C24H25N5OS.ClH/c1-4-11-29(12-5-1)13-6-14-30-16-9-10-18-19(15-16)26-24(25-18)22-23-21(27-28-22)17-7-2-3-8-20(17)31-23;/h2-3,7-10,15H,1,4-6,11-14H2,(H,25,26)(H,27,28);1H. The van der Waals surface area contributed by atoms with Crippen molar-refractivity contribution in [2.45, 2.75) is 25.7 Å². The molecule has 2 aromatic carbocycles. The van der Waals surface area contributed by atoms with E-state index < -0.39 is 0 Å². The summed E-state index contributed by atoms with van der Waals surface area (Å²) in [4.78, 5) is 10.8. The van der Waals surface area contributed by atoms with E-state index in [0.29, 0.717) is 0 Å². The van der Waals surface area contributed by atoms with Crippen molar-refractivity contribution in [3.05, 3.63) is 42.5 Å². The first-order chi connectivity index (χ1) is 15.3. The summed E-state index contributed by atoms with van der Waals surface area (Å²) >= 11 is 1.75. The first kappa shape index (κ1) is 21.2. The summed E-state index contributed by atoms with van der Waals surface area (Å²) in [5.41, 5.74) is 3.85. The molecule has 2 N–H and O–H groups in total. The minimum atomic E-state index is 0. The number of likely N-dealkylation sites (tertiary alicyclic amines) is 1. The number of thiophene rings is 1. The average Bonchev–Trinajstić information content (AvgIpc) is 3.50. The first-order valence-electron chi connectivity index (χ1n) is 11.1. The quantitative estimate of drug-likeness (QED) is 0.300. The molecule has 0 atom stereocenters. The molecular formula is C24H26ClN5OS. The zero-order valence-electron chi connectivity index (χ0n) is 17.8. The molecule has 0 spiro atoms. The van der Waals surface area contributed by atoms with Crippen LogP contribution in [0, 0.1) is 0 Å². The third kappa shape index (κ3) is 3.96. The number of piperidine rings is 1. The SMILES string of the molecule is Cl.c1ccc2c(c1)sc1c(-c3nc4cc(OCCCN5CCCCC5)ccc4[nH]3)n[nH]c12. The van der Waals surface area contributed by atoms with Gasteiger partial charge >= 0.3 is 0 Å². The molecule has 6 rings (SSSR count). The summed E-state index contributed by atoms with van der Waals surface area (Å²) in [6.45, 7) is 4.34. The predicted molar refractivity (Wildman–Crippen MR) is 134 cm³/mol. The molecule has 0 unspecified atom stereocenters. The molecule has 0 amide bonds. The molecule has 0 aliphatic carbocycles.